The molecule has 1 N–H and O–H groups in total. The highest BCUT2D eigenvalue weighted by atomic mass is 14.8. The summed E-state index contributed by atoms with van der Waals surface area (Å²) in [5, 5.41) is 3.29. The van der Waals surface area contributed by atoms with Gasteiger partial charge in [-0.3, -0.25) is 0 Å². The van der Waals surface area contributed by atoms with Crippen LogP contribution in [-0.4, -0.2) is 6.54 Å². The van der Waals surface area contributed by atoms with E-state index in [9.17, 15) is 0 Å². The van der Waals surface area contributed by atoms with Crippen molar-refractivity contribution in [1.29, 1.82) is 0 Å². The molecular weight excluding hydrogens is 218 g/mol. The van der Waals surface area contributed by atoms with Crippen LogP contribution in [0.5, 0.6) is 0 Å². The molecule has 0 radical (unpaired) electrons. The lowest BCUT2D eigenvalue weighted by Crippen LogP contribution is -2.05. The first-order valence-electron chi connectivity index (χ1n) is 8.26. The lowest BCUT2D eigenvalue weighted by molar-refractivity contribution is 0.542. The smallest absolute Gasteiger partial charge is 0.0141 e. The number of allylic oxidation sites excluding steroid dienone is 1. The molecule has 1 nitrogen and oxygen atoms in total. The largest absolute Gasteiger partial charge is 0.391 e. The summed E-state index contributed by atoms with van der Waals surface area (Å²) in [5.74, 6) is 0. The Labute approximate surface area is 115 Å². The summed E-state index contributed by atoms with van der Waals surface area (Å²) >= 11 is 0. The van der Waals surface area contributed by atoms with E-state index in [4.69, 9.17) is 0 Å². The van der Waals surface area contributed by atoms with Crippen molar-refractivity contribution in [3.8, 4) is 0 Å². The Hall–Kier alpha value is -0.460. The Kier molecular flexibility index (Phi) is 16.1. The van der Waals surface area contributed by atoms with E-state index in [0.717, 1.165) is 6.54 Å². The summed E-state index contributed by atoms with van der Waals surface area (Å²) in [6, 6.07) is 0. The lowest BCUT2D eigenvalue weighted by Gasteiger charge is -2.03. The van der Waals surface area contributed by atoms with Crippen LogP contribution in [0.4, 0.5) is 0 Å². The third-order valence-electron chi connectivity index (χ3n) is 3.46. The molecule has 0 saturated heterocycles. The second kappa shape index (κ2) is 16.5. The van der Waals surface area contributed by atoms with Crippen molar-refractivity contribution in [1.82, 2.24) is 5.32 Å². The van der Waals surface area contributed by atoms with E-state index in [0.29, 0.717) is 0 Å². The number of rotatable bonds is 14. The van der Waals surface area contributed by atoms with Gasteiger partial charge < -0.3 is 5.32 Å². The average Bonchev–Trinajstić information content (AvgIpc) is 2.39. The van der Waals surface area contributed by atoms with E-state index in [1.54, 1.807) is 0 Å². The molecule has 0 heterocycles. The summed E-state index contributed by atoms with van der Waals surface area (Å²) in [4.78, 5) is 0. The van der Waals surface area contributed by atoms with E-state index >= 15 is 0 Å². The number of hydrogen-bond acceptors (Lipinski definition) is 1. The van der Waals surface area contributed by atoms with Crippen molar-refractivity contribution in [2.24, 2.45) is 0 Å². The third kappa shape index (κ3) is 15.5. The van der Waals surface area contributed by atoms with Crippen LogP contribution in [-0.2, 0) is 0 Å². The van der Waals surface area contributed by atoms with Crippen molar-refractivity contribution in [2.75, 3.05) is 6.54 Å². The van der Waals surface area contributed by atoms with Gasteiger partial charge in [-0.15, -0.1) is 0 Å². The van der Waals surface area contributed by atoms with Gasteiger partial charge in [0.05, 0.1) is 0 Å². The second-order valence-electron chi connectivity index (χ2n) is 5.34. The van der Waals surface area contributed by atoms with Gasteiger partial charge in [0.15, 0.2) is 0 Å². The summed E-state index contributed by atoms with van der Waals surface area (Å²) in [7, 11) is 0. The van der Waals surface area contributed by atoms with Gasteiger partial charge in [-0.2, -0.15) is 0 Å². The van der Waals surface area contributed by atoms with E-state index in [1.807, 2.05) is 6.20 Å². The SMILES string of the molecule is C/C=C/NCCCCCCCCCCCCCC. The number of unbranched alkanes of at least 4 members (excludes halogenated alkanes) is 11. The van der Waals surface area contributed by atoms with E-state index in [1.165, 1.54) is 77.0 Å². The van der Waals surface area contributed by atoms with E-state index in [2.05, 4.69) is 25.2 Å². The van der Waals surface area contributed by atoms with Gasteiger partial charge in [-0.25, -0.2) is 0 Å². The Morgan fingerprint density at radius 2 is 1.11 bits per heavy atom. The molecule has 0 rings (SSSR count). The number of nitrogens with one attached hydrogen (secondary N) is 1. The molecule has 0 amide bonds. The van der Waals surface area contributed by atoms with Gasteiger partial charge in [-0.05, 0) is 19.5 Å². The van der Waals surface area contributed by atoms with Gasteiger partial charge >= 0.3 is 0 Å². The molecular formula is C17H35N. The molecule has 18 heavy (non-hydrogen) atoms. The zero-order valence-corrected chi connectivity index (χ0v) is 12.8. The maximum absolute atomic E-state index is 3.29. The van der Waals surface area contributed by atoms with Crippen LogP contribution in [0.3, 0.4) is 0 Å². The topological polar surface area (TPSA) is 12.0 Å². The Balaban J connectivity index is 2.90. The monoisotopic (exact) mass is 253 g/mol. The van der Waals surface area contributed by atoms with Crippen LogP contribution >= 0.6 is 0 Å². The molecule has 0 fully saturated rings. The molecule has 0 aromatic carbocycles. The maximum Gasteiger partial charge on any atom is 0.0141 e. The van der Waals surface area contributed by atoms with Crippen LogP contribution in [0.1, 0.15) is 90.9 Å². The first kappa shape index (κ1) is 17.5. The average molecular weight is 253 g/mol. The molecule has 0 aromatic rings. The van der Waals surface area contributed by atoms with Crippen LogP contribution < -0.4 is 5.32 Å². The Bertz CT molecular complexity index is 163. The highest BCUT2D eigenvalue weighted by Gasteiger charge is 1.92. The second-order valence-corrected chi connectivity index (χ2v) is 5.34. The summed E-state index contributed by atoms with van der Waals surface area (Å²) in [5.41, 5.74) is 0. The van der Waals surface area contributed by atoms with Crippen molar-refractivity contribution in [3.05, 3.63) is 12.3 Å². The molecule has 108 valence electrons. The number of hydrogen-bond donors (Lipinski definition) is 1. The first-order chi connectivity index (χ1) is 8.91. The maximum atomic E-state index is 3.29. The van der Waals surface area contributed by atoms with Crippen LogP contribution in [0, 0.1) is 0 Å². The van der Waals surface area contributed by atoms with Crippen molar-refractivity contribution in [2.45, 2.75) is 90.9 Å². The summed E-state index contributed by atoms with van der Waals surface area (Å²) in [6.07, 6.45) is 21.2. The third-order valence-corrected chi connectivity index (χ3v) is 3.46. The standard InChI is InChI=1S/C17H35N/c1-3-5-6-7-8-9-10-11-12-13-14-15-17-18-16-4-2/h4,16,18H,3,5-15,17H2,1-2H3/b16-4+. The van der Waals surface area contributed by atoms with Gasteiger partial charge in [0.2, 0.25) is 0 Å². The predicted octanol–water partition coefficient (Wildman–Crippen LogP) is 5.81. The fraction of sp³-hybridized carbons (Fsp3) is 0.882. The molecule has 0 saturated carbocycles. The van der Waals surface area contributed by atoms with Crippen LogP contribution in [0.2, 0.25) is 0 Å². The normalized spacial score (nSPS) is 11.2. The summed E-state index contributed by atoms with van der Waals surface area (Å²) < 4.78 is 0. The van der Waals surface area contributed by atoms with Crippen LogP contribution in [0.25, 0.3) is 0 Å². The molecule has 0 bridgehead atoms. The van der Waals surface area contributed by atoms with E-state index < -0.39 is 0 Å². The molecule has 0 aliphatic carbocycles. The van der Waals surface area contributed by atoms with Crippen molar-refractivity contribution < 1.29 is 0 Å². The van der Waals surface area contributed by atoms with E-state index in [-0.39, 0.29) is 0 Å². The molecule has 0 spiro atoms. The fourth-order valence-electron chi connectivity index (χ4n) is 2.27. The highest BCUT2D eigenvalue weighted by molar-refractivity contribution is 4.73. The lowest BCUT2D eigenvalue weighted by atomic mass is 10.1. The minimum Gasteiger partial charge on any atom is -0.391 e. The predicted molar refractivity (Wildman–Crippen MR) is 83.9 cm³/mol. The van der Waals surface area contributed by atoms with Crippen LogP contribution in [0.15, 0.2) is 12.3 Å². The van der Waals surface area contributed by atoms with Crippen molar-refractivity contribution >= 4 is 0 Å². The minimum atomic E-state index is 1.14. The zero-order valence-electron chi connectivity index (χ0n) is 12.8. The zero-order chi connectivity index (χ0) is 13.3. The molecule has 0 aliphatic heterocycles. The quantitative estimate of drug-likeness (QED) is 0.385. The van der Waals surface area contributed by atoms with Gasteiger partial charge in [0, 0.05) is 6.54 Å². The minimum absolute atomic E-state index is 1.14. The summed E-state index contributed by atoms with van der Waals surface area (Å²) in [6.45, 7) is 5.48. The van der Waals surface area contributed by atoms with Gasteiger partial charge in [0.25, 0.3) is 0 Å². The molecule has 0 atom stereocenters. The fourth-order valence-corrected chi connectivity index (χ4v) is 2.27. The first-order valence-corrected chi connectivity index (χ1v) is 8.26. The van der Waals surface area contributed by atoms with Gasteiger partial charge in [0.1, 0.15) is 0 Å². The Morgan fingerprint density at radius 1 is 0.667 bits per heavy atom. The van der Waals surface area contributed by atoms with Crippen molar-refractivity contribution in [3.63, 3.8) is 0 Å². The van der Waals surface area contributed by atoms with Gasteiger partial charge in [-0.1, -0.05) is 83.6 Å². The molecule has 0 unspecified atom stereocenters. The molecule has 1 heteroatoms. The molecule has 0 aliphatic rings. The molecule has 0 aromatic heterocycles. The highest BCUT2D eigenvalue weighted by Crippen LogP contribution is 2.11. The Morgan fingerprint density at radius 3 is 1.56 bits per heavy atom.